The standard InChI is InChI=1S/C28H45NO10/c1-17(2)21(23(32)36-9)24(33)37-16-15-27(5,6)13-10-14-28(7,8)38-25(34)22(18(3)4)26(35)39-29-19(30)11-12-20(29)31/h17-18,21-22H,10-16H2,1-9H3. The van der Waals surface area contributed by atoms with Crippen LogP contribution < -0.4 is 0 Å². The summed E-state index contributed by atoms with van der Waals surface area (Å²) in [6.45, 7) is 14.5. The van der Waals surface area contributed by atoms with Gasteiger partial charge in [-0.3, -0.25) is 24.0 Å². The zero-order valence-corrected chi connectivity index (χ0v) is 24.8. The summed E-state index contributed by atoms with van der Waals surface area (Å²) in [7, 11) is 1.24. The summed E-state index contributed by atoms with van der Waals surface area (Å²) in [5.41, 5.74) is -1.09. The molecule has 0 aromatic heterocycles. The highest BCUT2D eigenvalue weighted by Crippen LogP contribution is 2.31. The molecule has 0 aliphatic carbocycles. The van der Waals surface area contributed by atoms with Gasteiger partial charge in [-0.15, -0.1) is 5.06 Å². The van der Waals surface area contributed by atoms with Crippen molar-refractivity contribution in [2.45, 2.75) is 99.5 Å². The smallest absolute Gasteiger partial charge is 0.347 e. The van der Waals surface area contributed by atoms with Crippen LogP contribution in [-0.4, -0.2) is 60.1 Å². The number of carbonyl (C=O) groups is 6. The first-order valence-electron chi connectivity index (χ1n) is 13.5. The molecule has 39 heavy (non-hydrogen) atoms. The van der Waals surface area contributed by atoms with Gasteiger partial charge in [-0.1, -0.05) is 41.5 Å². The maximum absolute atomic E-state index is 12.9. The number of imide groups is 1. The van der Waals surface area contributed by atoms with Crippen molar-refractivity contribution in [3.05, 3.63) is 0 Å². The van der Waals surface area contributed by atoms with Crippen LogP contribution in [0.1, 0.15) is 93.9 Å². The number of amides is 2. The fraction of sp³-hybridized carbons (Fsp3) is 0.786. The topological polar surface area (TPSA) is 143 Å². The van der Waals surface area contributed by atoms with E-state index in [0.717, 1.165) is 6.42 Å². The number of methoxy groups -OCH3 is 1. The predicted molar refractivity (Wildman–Crippen MR) is 139 cm³/mol. The maximum atomic E-state index is 12.9. The van der Waals surface area contributed by atoms with Crippen molar-refractivity contribution in [1.82, 2.24) is 5.06 Å². The van der Waals surface area contributed by atoms with Gasteiger partial charge in [0.15, 0.2) is 11.8 Å². The van der Waals surface area contributed by atoms with Crippen LogP contribution in [0.3, 0.4) is 0 Å². The van der Waals surface area contributed by atoms with Crippen molar-refractivity contribution in [2.75, 3.05) is 13.7 Å². The number of hydrogen-bond acceptors (Lipinski definition) is 10. The van der Waals surface area contributed by atoms with E-state index in [0.29, 0.717) is 24.3 Å². The molecule has 11 heteroatoms. The zero-order valence-electron chi connectivity index (χ0n) is 24.8. The van der Waals surface area contributed by atoms with Crippen LogP contribution in [0.4, 0.5) is 0 Å². The van der Waals surface area contributed by atoms with E-state index in [1.807, 2.05) is 13.8 Å². The lowest BCUT2D eigenvalue weighted by molar-refractivity contribution is -0.205. The molecule has 0 aromatic carbocycles. The lowest BCUT2D eigenvalue weighted by Crippen LogP contribution is -2.41. The molecule has 222 valence electrons. The molecule has 2 unspecified atom stereocenters. The summed E-state index contributed by atoms with van der Waals surface area (Å²) in [4.78, 5) is 78.3. The molecule has 1 aliphatic rings. The molecule has 1 aliphatic heterocycles. The van der Waals surface area contributed by atoms with Gasteiger partial charge in [-0.05, 0) is 56.8 Å². The Kier molecular flexibility index (Phi) is 12.6. The Bertz CT molecular complexity index is 905. The van der Waals surface area contributed by atoms with E-state index in [4.69, 9.17) is 19.0 Å². The first-order chi connectivity index (χ1) is 17.9. The molecule has 0 aromatic rings. The summed E-state index contributed by atoms with van der Waals surface area (Å²) < 4.78 is 15.7. The van der Waals surface area contributed by atoms with Gasteiger partial charge in [0.25, 0.3) is 11.8 Å². The predicted octanol–water partition coefficient (Wildman–Crippen LogP) is 3.76. The SMILES string of the molecule is COC(=O)C(C(=O)OCCC(C)(C)CCCC(C)(C)OC(=O)C(C(=O)ON1C(=O)CCC1=O)C(C)C)C(C)C. The van der Waals surface area contributed by atoms with Crippen LogP contribution in [0, 0.1) is 29.1 Å². The average molecular weight is 556 g/mol. The lowest BCUT2D eigenvalue weighted by Gasteiger charge is -2.30. The third-order valence-corrected chi connectivity index (χ3v) is 6.77. The second kappa shape index (κ2) is 14.4. The van der Waals surface area contributed by atoms with E-state index in [-0.39, 0.29) is 30.8 Å². The fourth-order valence-electron chi connectivity index (χ4n) is 4.23. The minimum atomic E-state index is -1.30. The van der Waals surface area contributed by atoms with E-state index in [1.54, 1.807) is 41.5 Å². The molecular formula is C28H45NO10. The van der Waals surface area contributed by atoms with Crippen molar-refractivity contribution in [3.8, 4) is 0 Å². The molecule has 1 saturated heterocycles. The molecule has 1 fully saturated rings. The Balaban J connectivity index is 2.60. The molecular weight excluding hydrogens is 510 g/mol. The highest BCUT2D eigenvalue weighted by Gasteiger charge is 2.41. The summed E-state index contributed by atoms with van der Waals surface area (Å²) in [6, 6.07) is 0. The van der Waals surface area contributed by atoms with Gasteiger partial charge in [0.05, 0.1) is 13.7 Å². The summed E-state index contributed by atoms with van der Waals surface area (Å²) in [6.07, 6.45) is 2.42. The van der Waals surface area contributed by atoms with E-state index in [2.05, 4.69) is 0 Å². The van der Waals surface area contributed by atoms with Gasteiger partial charge >= 0.3 is 23.9 Å². The van der Waals surface area contributed by atoms with Gasteiger partial charge in [0, 0.05) is 12.8 Å². The Morgan fingerprint density at radius 2 is 1.28 bits per heavy atom. The average Bonchev–Trinajstić information content (AvgIpc) is 3.09. The zero-order chi connectivity index (χ0) is 30.1. The fourth-order valence-corrected chi connectivity index (χ4v) is 4.23. The summed E-state index contributed by atoms with van der Waals surface area (Å²) in [5.74, 6) is -7.22. The first-order valence-corrected chi connectivity index (χ1v) is 13.5. The van der Waals surface area contributed by atoms with Crippen LogP contribution in [0.2, 0.25) is 0 Å². The number of hydrogen-bond donors (Lipinski definition) is 0. The monoisotopic (exact) mass is 555 g/mol. The normalized spacial score (nSPS) is 15.8. The summed E-state index contributed by atoms with van der Waals surface area (Å²) >= 11 is 0. The first kappa shape index (κ1) is 34.0. The molecule has 11 nitrogen and oxygen atoms in total. The third kappa shape index (κ3) is 10.6. The molecule has 2 atom stereocenters. The highest BCUT2D eigenvalue weighted by atomic mass is 16.7. The summed E-state index contributed by atoms with van der Waals surface area (Å²) in [5, 5.41) is 0.425. The van der Waals surface area contributed by atoms with Crippen molar-refractivity contribution >= 4 is 35.7 Å². The van der Waals surface area contributed by atoms with Crippen molar-refractivity contribution in [1.29, 1.82) is 0 Å². The van der Waals surface area contributed by atoms with Crippen LogP contribution in [0.25, 0.3) is 0 Å². The molecule has 0 saturated carbocycles. The van der Waals surface area contributed by atoms with Crippen LogP contribution >= 0.6 is 0 Å². The van der Waals surface area contributed by atoms with Gasteiger partial charge in [-0.25, -0.2) is 4.79 Å². The molecule has 0 spiro atoms. The quantitative estimate of drug-likeness (QED) is 0.127. The minimum Gasteiger partial charge on any atom is -0.468 e. The van der Waals surface area contributed by atoms with Crippen LogP contribution in [-0.2, 0) is 47.8 Å². The van der Waals surface area contributed by atoms with E-state index >= 15 is 0 Å². The van der Waals surface area contributed by atoms with Crippen molar-refractivity contribution < 1.29 is 47.8 Å². The lowest BCUT2D eigenvalue weighted by atomic mass is 9.82. The highest BCUT2D eigenvalue weighted by molar-refractivity contribution is 6.03. The Hall–Kier alpha value is -2.98. The molecule has 1 heterocycles. The van der Waals surface area contributed by atoms with Crippen molar-refractivity contribution in [3.63, 3.8) is 0 Å². The number of ether oxygens (including phenoxy) is 3. The Morgan fingerprint density at radius 3 is 1.77 bits per heavy atom. The Morgan fingerprint density at radius 1 is 0.769 bits per heavy atom. The molecule has 2 amide bonds. The van der Waals surface area contributed by atoms with Crippen LogP contribution in [0.5, 0.6) is 0 Å². The van der Waals surface area contributed by atoms with Gasteiger partial charge < -0.3 is 19.0 Å². The molecule has 0 bridgehead atoms. The van der Waals surface area contributed by atoms with Gasteiger partial charge in [0.2, 0.25) is 0 Å². The van der Waals surface area contributed by atoms with Gasteiger partial charge in [0.1, 0.15) is 5.60 Å². The Labute approximate surface area is 231 Å². The van der Waals surface area contributed by atoms with Crippen LogP contribution in [0.15, 0.2) is 0 Å². The van der Waals surface area contributed by atoms with Crippen molar-refractivity contribution in [2.24, 2.45) is 29.1 Å². The minimum absolute atomic E-state index is 0.0410. The number of carbonyl (C=O) groups excluding carboxylic acids is 6. The third-order valence-electron chi connectivity index (χ3n) is 6.77. The second-order valence-electron chi connectivity index (χ2n) is 12.1. The largest absolute Gasteiger partial charge is 0.468 e. The second-order valence-corrected chi connectivity index (χ2v) is 12.1. The van der Waals surface area contributed by atoms with Gasteiger partial charge in [-0.2, -0.15) is 0 Å². The van der Waals surface area contributed by atoms with E-state index in [9.17, 15) is 28.8 Å². The number of rotatable bonds is 15. The number of hydroxylamine groups is 2. The molecule has 0 radical (unpaired) electrons. The van der Waals surface area contributed by atoms with E-state index < -0.39 is 59.0 Å². The van der Waals surface area contributed by atoms with E-state index in [1.165, 1.54) is 7.11 Å². The maximum Gasteiger partial charge on any atom is 0.347 e. The molecule has 1 rings (SSSR count). The number of esters is 3. The number of nitrogens with zero attached hydrogens (tertiary/aromatic N) is 1. The molecule has 0 N–H and O–H groups in total.